The summed E-state index contributed by atoms with van der Waals surface area (Å²) in [5.74, 6) is 0.482. The standard InChI is InChI=1S/2C21H26N2O4.4C2N3.4Zn/c2*1-21(2,13-22-11-15-7-5-9-17(26-3)19(15)24)14-23-12-16-8-6-10-18(27-4)20(16)25;4*3-1-5-2-4;;;;/h2*5-12,24-25H,13-14H2,1-4H3;;;;;;;;/q;;4*-1;4*+2/p-4. The van der Waals surface area contributed by atoms with E-state index in [1.807, 2.05) is 27.7 Å². The van der Waals surface area contributed by atoms with Gasteiger partial charge in [0.1, 0.15) is 23.0 Å². The van der Waals surface area contributed by atoms with E-state index in [1.54, 1.807) is 97.7 Å². The van der Waals surface area contributed by atoms with Crippen molar-refractivity contribution in [2.45, 2.75) is 27.7 Å². The summed E-state index contributed by atoms with van der Waals surface area (Å²) in [5.41, 5.74) is 1.50. The van der Waals surface area contributed by atoms with Gasteiger partial charge in [-0.15, -0.1) is 12.0 Å². The average molecular weight is 1260 g/mol. The zero-order chi connectivity index (χ0) is 56.2. The van der Waals surface area contributed by atoms with E-state index in [2.05, 4.69) is 40.6 Å². The minimum absolute atomic E-state index is 0. The monoisotopic (exact) mass is 1260 g/mol. The second-order valence-corrected chi connectivity index (χ2v) is 15.0. The van der Waals surface area contributed by atoms with Crippen molar-refractivity contribution in [1.29, 1.82) is 31.6 Å². The average Bonchev–Trinajstić information content (AvgIpc) is 3.38. The quantitative estimate of drug-likeness (QED) is 0.0718. The van der Waals surface area contributed by atoms with Crippen LogP contribution in [-0.4, -0.2) is 91.5 Å². The van der Waals surface area contributed by atoms with Crippen LogP contribution in [0.25, 0.3) is 21.5 Å². The van der Waals surface area contributed by atoms with Crippen LogP contribution in [0.2, 0.25) is 0 Å². The number of methoxy groups -OCH3 is 4. The van der Waals surface area contributed by atoms with Crippen molar-refractivity contribution in [3.8, 4) is 83.2 Å². The molecule has 4 aromatic rings. The van der Waals surface area contributed by atoms with Gasteiger partial charge in [-0.05, 0) is 46.5 Å². The minimum atomic E-state index is -0.225. The SMILES string of the molecule is COc1cccc(C=NCC(C)(C)CN=Cc2cccc(OC)c2[O-])c1[O-].COc1cccc(C=NCC(C)(C)CN=Cc2cccc(OC)c2[O-])c1[O-].N#CN=C=[N-].N#CN=C=[N-].N#C[N-]C#N.N#C[N-]C#N.[Zn+2].[Zn+2].[Zn+2].[Zn+2]. The van der Waals surface area contributed by atoms with Crippen LogP contribution in [0.15, 0.2) is 103 Å². The van der Waals surface area contributed by atoms with Crippen molar-refractivity contribution in [2.75, 3.05) is 54.6 Å². The fourth-order valence-corrected chi connectivity index (χ4v) is 4.93. The molecule has 0 radical (unpaired) electrons. The molecule has 78 heavy (non-hydrogen) atoms. The Labute approximate surface area is 504 Å². The molecule has 0 heterocycles. The Morgan fingerprint density at radius 3 is 0.769 bits per heavy atom. The normalized spacial score (nSPS) is 9.26. The van der Waals surface area contributed by atoms with Gasteiger partial charge >= 0.3 is 77.9 Å². The van der Waals surface area contributed by atoms with Gasteiger partial charge in [-0.25, -0.2) is 0 Å². The van der Waals surface area contributed by atoms with Crippen LogP contribution in [0.5, 0.6) is 46.0 Å². The van der Waals surface area contributed by atoms with Crippen LogP contribution < -0.4 is 39.4 Å². The predicted octanol–water partition coefficient (Wildman–Crippen LogP) is 5.89. The van der Waals surface area contributed by atoms with Gasteiger partial charge in [-0.2, -0.15) is 10.5 Å². The van der Waals surface area contributed by atoms with Crippen molar-refractivity contribution in [1.82, 2.24) is 0 Å². The topological polar surface area (TPSA) is 419 Å². The maximum absolute atomic E-state index is 12.1. The van der Waals surface area contributed by atoms with Gasteiger partial charge in [0.25, 0.3) is 0 Å². The van der Waals surface area contributed by atoms with E-state index in [0.29, 0.717) is 71.4 Å². The summed E-state index contributed by atoms with van der Waals surface area (Å²) in [7, 11) is 5.87. The molecule has 0 atom stereocenters. The summed E-state index contributed by atoms with van der Waals surface area (Å²) in [6.45, 7) is 10.0. The Morgan fingerprint density at radius 2 is 0.641 bits per heavy atom. The van der Waals surface area contributed by atoms with Crippen molar-refractivity contribution >= 4 is 36.9 Å². The number of hydrogen-bond acceptors (Lipinski definition) is 20. The molecule has 0 unspecified atom stereocenters. The number of aliphatic imine (C=N–C) groups is 6. The molecule has 0 fully saturated rings. The van der Waals surface area contributed by atoms with E-state index in [1.165, 1.54) is 77.6 Å². The fourth-order valence-electron chi connectivity index (χ4n) is 4.93. The van der Waals surface area contributed by atoms with Gasteiger partial charge < -0.3 is 81.2 Å². The maximum Gasteiger partial charge on any atom is 2.00 e. The molecule has 4 aromatic carbocycles. The third-order valence-electron chi connectivity index (χ3n) is 8.32. The fraction of sp³-hybridized carbons (Fsp3) is 0.280. The van der Waals surface area contributed by atoms with Gasteiger partial charge in [0, 0.05) is 86.6 Å². The second kappa shape index (κ2) is 49.6. The van der Waals surface area contributed by atoms with Crippen molar-refractivity contribution in [3.05, 3.63) is 117 Å². The Morgan fingerprint density at radius 1 is 0.436 bits per heavy atom. The first kappa shape index (κ1) is 81.1. The number of ether oxygens (including phenoxy) is 4. The molecule has 0 N–H and O–H groups in total. The Bertz CT molecular complexity index is 2520. The van der Waals surface area contributed by atoms with Crippen LogP contribution in [0.3, 0.4) is 0 Å². The molecule has 28 heteroatoms. The zero-order valence-corrected chi connectivity index (χ0v) is 56.2. The van der Waals surface area contributed by atoms with Crippen molar-refractivity contribution in [3.63, 3.8) is 0 Å². The van der Waals surface area contributed by atoms with Gasteiger partial charge in [0.15, 0.2) is 0 Å². The minimum Gasteiger partial charge on any atom is -0.870 e. The van der Waals surface area contributed by atoms with Gasteiger partial charge in [-0.3, -0.25) is 30.6 Å². The van der Waals surface area contributed by atoms with E-state index < -0.39 is 0 Å². The molecule has 4 rings (SSSR count). The van der Waals surface area contributed by atoms with Crippen molar-refractivity contribution < 1.29 is 117 Å². The van der Waals surface area contributed by atoms with E-state index in [0.717, 1.165) is 0 Å². The number of para-hydroxylation sites is 4. The largest absolute Gasteiger partial charge is 2.00 e. The molecule has 0 bridgehead atoms. The summed E-state index contributed by atoms with van der Waals surface area (Å²) in [4.78, 5) is 22.7. The molecule has 0 amide bonds. The Balaban J connectivity index is -0.000000237. The van der Waals surface area contributed by atoms with Gasteiger partial charge in [0.2, 0.25) is 0 Å². The first-order valence-electron chi connectivity index (χ1n) is 20.7. The molecule has 0 aromatic heterocycles. The predicted molar refractivity (Wildman–Crippen MR) is 269 cm³/mol. The number of rotatable bonds is 16. The van der Waals surface area contributed by atoms with E-state index in [4.69, 9.17) is 61.3 Å². The summed E-state index contributed by atoms with van der Waals surface area (Å²) >= 11 is 0. The zero-order valence-electron chi connectivity index (χ0n) is 44.3. The van der Waals surface area contributed by atoms with Crippen LogP contribution in [0.1, 0.15) is 49.9 Å². The summed E-state index contributed by atoms with van der Waals surface area (Å²) < 4.78 is 20.1. The van der Waals surface area contributed by atoms with Gasteiger partial charge in [0.05, 0.1) is 40.8 Å². The summed E-state index contributed by atoms with van der Waals surface area (Å²) in [6, 6.07) is 22.9. The summed E-state index contributed by atoms with van der Waals surface area (Å²) in [6.07, 6.45) is 13.9. The Hall–Kier alpha value is -8.25. The van der Waals surface area contributed by atoms with Crippen LogP contribution >= 0.6 is 0 Å². The van der Waals surface area contributed by atoms with Crippen LogP contribution in [0, 0.1) is 79.6 Å². The third kappa shape index (κ3) is 35.9. The first-order valence-corrected chi connectivity index (χ1v) is 20.7. The molecular formula is C50H48N16O8Zn4. The van der Waals surface area contributed by atoms with Crippen molar-refractivity contribution in [2.24, 2.45) is 40.8 Å². The number of benzene rings is 4. The molecular weight excluding hydrogens is 1210 g/mol. The second-order valence-electron chi connectivity index (χ2n) is 15.0. The number of nitrogens with zero attached hydrogens (tertiary/aromatic N) is 16. The maximum atomic E-state index is 12.1. The third-order valence-corrected chi connectivity index (χ3v) is 8.32. The first-order chi connectivity index (χ1) is 35.4. The number of nitriles is 6. The van der Waals surface area contributed by atoms with Crippen LogP contribution in [0.4, 0.5) is 0 Å². The van der Waals surface area contributed by atoms with Crippen LogP contribution in [-0.2, 0) is 77.9 Å². The molecule has 384 valence electrons. The molecule has 0 aliphatic carbocycles. The summed E-state index contributed by atoms with van der Waals surface area (Å²) in [5, 5.41) is 113. The van der Waals surface area contributed by atoms with E-state index in [-0.39, 0.29) is 112 Å². The molecule has 0 spiro atoms. The van der Waals surface area contributed by atoms with E-state index >= 15 is 0 Å². The Kier molecular flexibility index (Phi) is 51.6. The van der Waals surface area contributed by atoms with Gasteiger partial charge in [-0.1, -0.05) is 99.2 Å². The van der Waals surface area contributed by atoms with E-state index in [9.17, 15) is 20.4 Å². The molecule has 0 aliphatic heterocycles. The smallest absolute Gasteiger partial charge is 0.870 e. The molecule has 0 saturated carbocycles. The molecule has 24 nitrogen and oxygen atoms in total. The molecule has 0 aliphatic rings. The number of hydrogen-bond donors (Lipinski definition) is 0. The molecule has 0 saturated heterocycles.